The smallest absolute Gasteiger partial charge is 0.217 e. The highest BCUT2D eigenvalue weighted by atomic mass is 16.5. The van der Waals surface area contributed by atoms with Crippen molar-refractivity contribution in [2.24, 2.45) is 0 Å². The summed E-state index contributed by atoms with van der Waals surface area (Å²) >= 11 is 0. The van der Waals surface area contributed by atoms with Gasteiger partial charge >= 0.3 is 0 Å². The maximum Gasteiger partial charge on any atom is 0.217 e. The average molecular weight is 504 g/mol. The van der Waals surface area contributed by atoms with Gasteiger partial charge in [-0.15, -0.1) is 0 Å². The standard InChI is InChI=1S/C29H33N3O5/c1-18(33)31-23-11-9-19-16-26(35-3)28(36-4)29(37-5)27(19)21-10-12-24(25(34)17-22(21)23)32(2)15-13-20-8-6-7-14-30-20/h6-8,10,12,14,16-17,23H,9,11,13,15H2,1-5H3,(H,31,33)/t23-/m0/s1. The van der Waals surface area contributed by atoms with Crippen LogP contribution in [0.15, 0.2) is 53.5 Å². The van der Waals surface area contributed by atoms with Crippen molar-refractivity contribution in [3.05, 3.63) is 75.7 Å². The lowest BCUT2D eigenvalue weighted by atomic mass is 9.95. The molecule has 194 valence electrons. The molecule has 0 spiro atoms. The fraction of sp³-hybridized carbons (Fsp3) is 0.345. The minimum Gasteiger partial charge on any atom is -0.493 e. The molecule has 3 aromatic rings. The van der Waals surface area contributed by atoms with E-state index >= 15 is 0 Å². The molecule has 0 saturated heterocycles. The molecule has 8 heteroatoms. The summed E-state index contributed by atoms with van der Waals surface area (Å²) in [5.41, 5.74) is 4.78. The van der Waals surface area contributed by atoms with Crippen molar-refractivity contribution in [3.8, 4) is 28.4 Å². The molecule has 1 atom stereocenters. The number of pyridine rings is 1. The lowest BCUT2D eigenvalue weighted by molar-refractivity contribution is -0.119. The number of fused-ring (bicyclic) bond motifs is 3. The molecule has 0 bridgehead atoms. The second-order valence-electron chi connectivity index (χ2n) is 9.06. The topological polar surface area (TPSA) is 90.0 Å². The summed E-state index contributed by atoms with van der Waals surface area (Å²) in [6.45, 7) is 2.11. The molecule has 37 heavy (non-hydrogen) atoms. The largest absolute Gasteiger partial charge is 0.493 e. The molecule has 0 aliphatic heterocycles. The van der Waals surface area contributed by atoms with Crippen LogP contribution in [0.1, 0.15) is 36.2 Å². The van der Waals surface area contributed by atoms with Crippen LogP contribution in [0.25, 0.3) is 11.1 Å². The van der Waals surface area contributed by atoms with Gasteiger partial charge in [-0.05, 0) is 59.9 Å². The minimum absolute atomic E-state index is 0.122. The van der Waals surface area contributed by atoms with Gasteiger partial charge in [-0.2, -0.15) is 0 Å². The molecule has 1 aromatic heterocycles. The van der Waals surface area contributed by atoms with Crippen molar-refractivity contribution >= 4 is 11.6 Å². The van der Waals surface area contributed by atoms with E-state index in [2.05, 4.69) is 10.3 Å². The van der Waals surface area contributed by atoms with E-state index in [4.69, 9.17) is 14.2 Å². The number of likely N-dealkylation sites (N-methyl/N-ethyl adjacent to an activating group) is 1. The number of nitrogens with zero attached hydrogens (tertiary/aromatic N) is 2. The SMILES string of the molecule is COc1cc2c(c(OC)c1OC)-c1ccc(N(C)CCc3ccccn3)c(=O)cc1[C@@H](NC(C)=O)CC2. The number of hydrogen-bond acceptors (Lipinski definition) is 7. The Bertz CT molecular complexity index is 1340. The molecule has 1 heterocycles. The highest BCUT2D eigenvalue weighted by Crippen LogP contribution is 2.50. The van der Waals surface area contributed by atoms with Crippen LogP contribution in [-0.4, -0.2) is 45.8 Å². The van der Waals surface area contributed by atoms with Crippen molar-refractivity contribution in [2.75, 3.05) is 39.8 Å². The monoisotopic (exact) mass is 503 g/mol. The minimum atomic E-state index is -0.339. The first-order valence-corrected chi connectivity index (χ1v) is 12.3. The van der Waals surface area contributed by atoms with Gasteiger partial charge < -0.3 is 24.4 Å². The van der Waals surface area contributed by atoms with Gasteiger partial charge in [0.25, 0.3) is 0 Å². The number of carbonyl (C=O) groups is 1. The quantitative estimate of drug-likeness (QED) is 0.498. The fourth-order valence-electron chi connectivity index (χ4n) is 4.96. The normalized spacial score (nSPS) is 14.0. The molecule has 0 fully saturated rings. The van der Waals surface area contributed by atoms with E-state index in [1.54, 1.807) is 33.6 Å². The number of rotatable bonds is 8. The summed E-state index contributed by atoms with van der Waals surface area (Å²) in [5, 5.41) is 3.04. The van der Waals surface area contributed by atoms with Gasteiger partial charge in [0, 0.05) is 44.4 Å². The van der Waals surface area contributed by atoms with Gasteiger partial charge in [0.05, 0.1) is 33.1 Å². The van der Waals surface area contributed by atoms with Crippen molar-refractivity contribution < 1.29 is 19.0 Å². The van der Waals surface area contributed by atoms with Crippen LogP contribution >= 0.6 is 0 Å². The third-order valence-electron chi connectivity index (χ3n) is 6.73. The van der Waals surface area contributed by atoms with Crippen LogP contribution in [0.2, 0.25) is 0 Å². The molecule has 4 rings (SSSR count). The number of hydrogen-bond donors (Lipinski definition) is 1. The third-order valence-corrected chi connectivity index (χ3v) is 6.73. The first kappa shape index (κ1) is 26.0. The molecular weight excluding hydrogens is 470 g/mol. The maximum atomic E-state index is 13.5. The van der Waals surface area contributed by atoms with E-state index in [1.165, 1.54) is 6.92 Å². The first-order chi connectivity index (χ1) is 17.9. The Kier molecular flexibility index (Phi) is 7.96. The average Bonchev–Trinajstić information content (AvgIpc) is 3.15. The van der Waals surface area contributed by atoms with E-state index in [0.29, 0.717) is 48.7 Å². The number of ether oxygens (including phenoxy) is 3. The number of carbonyl (C=O) groups excluding carboxylic acids is 1. The molecule has 1 amide bonds. The molecule has 0 unspecified atom stereocenters. The highest BCUT2D eigenvalue weighted by molar-refractivity contribution is 5.83. The lowest BCUT2D eigenvalue weighted by Crippen LogP contribution is -2.27. The molecule has 1 aliphatic rings. The van der Waals surface area contributed by atoms with Gasteiger partial charge in [0.2, 0.25) is 17.1 Å². The van der Waals surface area contributed by atoms with E-state index in [-0.39, 0.29) is 17.4 Å². The van der Waals surface area contributed by atoms with Crippen LogP contribution < -0.4 is 29.9 Å². The fourth-order valence-corrected chi connectivity index (χ4v) is 4.96. The van der Waals surface area contributed by atoms with E-state index in [1.807, 2.05) is 48.3 Å². The van der Waals surface area contributed by atoms with Gasteiger partial charge in [0.15, 0.2) is 11.5 Å². The number of methoxy groups -OCH3 is 3. The van der Waals surface area contributed by atoms with Crippen molar-refractivity contribution in [1.29, 1.82) is 0 Å². The molecule has 8 nitrogen and oxygen atoms in total. The number of nitrogens with one attached hydrogen (secondary N) is 1. The Morgan fingerprint density at radius 3 is 2.51 bits per heavy atom. The Hall–Kier alpha value is -4.07. The van der Waals surface area contributed by atoms with Crippen LogP contribution in [0.5, 0.6) is 17.2 Å². The molecule has 1 aliphatic carbocycles. The number of anilines is 1. The summed E-state index contributed by atoms with van der Waals surface area (Å²) in [7, 11) is 6.65. The highest BCUT2D eigenvalue weighted by Gasteiger charge is 2.29. The summed E-state index contributed by atoms with van der Waals surface area (Å²) in [6.07, 6.45) is 3.74. The number of aryl methyl sites for hydroxylation is 1. The number of aromatic nitrogens is 1. The van der Waals surface area contributed by atoms with Crippen LogP contribution in [-0.2, 0) is 17.6 Å². The second kappa shape index (κ2) is 11.3. The van der Waals surface area contributed by atoms with Crippen LogP contribution in [0.3, 0.4) is 0 Å². The first-order valence-electron chi connectivity index (χ1n) is 12.3. The second-order valence-corrected chi connectivity index (χ2v) is 9.06. The third kappa shape index (κ3) is 5.38. The zero-order valence-electron chi connectivity index (χ0n) is 22.0. The maximum absolute atomic E-state index is 13.5. The summed E-state index contributed by atoms with van der Waals surface area (Å²) < 4.78 is 17.1. The predicted octanol–water partition coefficient (Wildman–Crippen LogP) is 3.94. The van der Waals surface area contributed by atoms with Crippen molar-refractivity contribution in [3.63, 3.8) is 0 Å². The van der Waals surface area contributed by atoms with Gasteiger partial charge in [-0.1, -0.05) is 12.1 Å². The molecule has 1 N–H and O–H groups in total. The Labute approximate surface area is 217 Å². The molecule has 0 saturated carbocycles. The Morgan fingerprint density at radius 1 is 1.08 bits per heavy atom. The van der Waals surface area contributed by atoms with Crippen LogP contribution in [0.4, 0.5) is 5.69 Å². The molecule has 2 aromatic carbocycles. The number of amides is 1. The van der Waals surface area contributed by atoms with Gasteiger partial charge in [0.1, 0.15) is 0 Å². The van der Waals surface area contributed by atoms with Crippen LogP contribution in [0, 0.1) is 0 Å². The Balaban J connectivity index is 1.88. The lowest BCUT2D eigenvalue weighted by Gasteiger charge is -2.19. The summed E-state index contributed by atoms with van der Waals surface area (Å²) in [6, 6.07) is 12.9. The van der Waals surface area contributed by atoms with Gasteiger partial charge in [-0.3, -0.25) is 14.6 Å². The van der Waals surface area contributed by atoms with E-state index < -0.39 is 0 Å². The van der Waals surface area contributed by atoms with Crippen molar-refractivity contribution in [2.45, 2.75) is 32.2 Å². The molecule has 0 radical (unpaired) electrons. The van der Waals surface area contributed by atoms with Gasteiger partial charge in [-0.25, -0.2) is 0 Å². The zero-order valence-corrected chi connectivity index (χ0v) is 22.0. The number of benzene rings is 1. The van der Waals surface area contributed by atoms with E-state index in [9.17, 15) is 9.59 Å². The Morgan fingerprint density at radius 2 is 1.86 bits per heavy atom. The van der Waals surface area contributed by atoms with Crippen molar-refractivity contribution in [1.82, 2.24) is 10.3 Å². The van der Waals surface area contributed by atoms with E-state index in [0.717, 1.165) is 27.9 Å². The summed E-state index contributed by atoms with van der Waals surface area (Å²) in [5.74, 6) is 1.42. The summed E-state index contributed by atoms with van der Waals surface area (Å²) in [4.78, 5) is 32.0. The molecular formula is C29H33N3O5. The zero-order chi connectivity index (χ0) is 26.5. The predicted molar refractivity (Wildman–Crippen MR) is 144 cm³/mol.